The molecule has 1 aliphatic rings. The number of nitrogens with two attached hydrogens (primary N) is 1. The lowest BCUT2D eigenvalue weighted by Gasteiger charge is -2.26. The number of rotatable bonds is 6. The summed E-state index contributed by atoms with van der Waals surface area (Å²) in [5.41, 5.74) is 4.76. The summed E-state index contributed by atoms with van der Waals surface area (Å²) in [5, 5.41) is 0. The predicted molar refractivity (Wildman–Crippen MR) is 116 cm³/mol. The van der Waals surface area contributed by atoms with Crippen molar-refractivity contribution >= 4 is 22.8 Å². The minimum absolute atomic E-state index is 0.0135. The summed E-state index contributed by atoms with van der Waals surface area (Å²) in [6.45, 7) is 1.56. The number of aromatic amines is 1. The van der Waals surface area contributed by atoms with Gasteiger partial charge in [0.05, 0.1) is 18.1 Å². The molecule has 9 nitrogen and oxygen atoms in total. The number of amides is 2. The quantitative estimate of drug-likeness (QED) is 0.317. The Labute approximate surface area is 179 Å². The molecule has 2 aromatic carbocycles. The van der Waals surface area contributed by atoms with Gasteiger partial charge in [-0.15, -0.1) is 0 Å². The molecule has 9 heteroatoms. The molecule has 0 atom stereocenters. The lowest BCUT2D eigenvalue weighted by Crippen LogP contribution is -2.38. The molecule has 4 rings (SSSR count). The minimum Gasteiger partial charge on any atom is -0.493 e. The summed E-state index contributed by atoms with van der Waals surface area (Å²) in [6, 6.07) is 10.5. The van der Waals surface area contributed by atoms with Crippen molar-refractivity contribution in [3.63, 3.8) is 0 Å². The van der Waals surface area contributed by atoms with Crippen molar-refractivity contribution in [1.82, 2.24) is 20.3 Å². The van der Waals surface area contributed by atoms with E-state index in [4.69, 9.17) is 15.3 Å². The lowest BCUT2D eigenvalue weighted by molar-refractivity contribution is -0.134. The van der Waals surface area contributed by atoms with Crippen LogP contribution in [0, 0.1) is 0 Å². The van der Waals surface area contributed by atoms with E-state index in [0.717, 1.165) is 37.0 Å². The molecular weight excluding hydrogens is 398 g/mol. The number of H-pyrrole nitrogens is 1. The molecule has 1 aliphatic heterocycles. The number of likely N-dealkylation sites (tertiary alicyclic amines) is 1. The van der Waals surface area contributed by atoms with E-state index in [1.807, 2.05) is 11.0 Å². The van der Waals surface area contributed by atoms with Gasteiger partial charge in [0, 0.05) is 24.2 Å². The Morgan fingerprint density at radius 3 is 2.68 bits per heavy atom. The van der Waals surface area contributed by atoms with Crippen molar-refractivity contribution in [2.75, 3.05) is 26.8 Å². The number of piperidine rings is 1. The third-order valence-electron chi connectivity index (χ3n) is 5.37. The van der Waals surface area contributed by atoms with Crippen LogP contribution in [0.4, 0.5) is 0 Å². The van der Waals surface area contributed by atoms with Gasteiger partial charge in [-0.05, 0) is 55.7 Å². The molecule has 2 amide bonds. The van der Waals surface area contributed by atoms with Crippen molar-refractivity contribution in [1.29, 1.82) is 0 Å². The van der Waals surface area contributed by atoms with Gasteiger partial charge in [0.1, 0.15) is 5.82 Å². The van der Waals surface area contributed by atoms with E-state index in [1.165, 1.54) is 6.42 Å². The largest absolute Gasteiger partial charge is 0.493 e. The van der Waals surface area contributed by atoms with Gasteiger partial charge < -0.3 is 19.4 Å². The van der Waals surface area contributed by atoms with E-state index in [-0.39, 0.29) is 18.4 Å². The first-order chi connectivity index (χ1) is 15.1. The number of benzene rings is 2. The Kier molecular flexibility index (Phi) is 6.03. The topological polar surface area (TPSA) is 123 Å². The second-order valence-corrected chi connectivity index (χ2v) is 7.39. The number of hydrogen-bond donors (Lipinski definition) is 3. The van der Waals surface area contributed by atoms with Crippen molar-refractivity contribution in [3.05, 3.63) is 42.0 Å². The molecule has 3 aromatic rings. The zero-order chi connectivity index (χ0) is 21.8. The Hall–Kier alpha value is -3.59. The maximum Gasteiger partial charge on any atom is 0.265 e. The van der Waals surface area contributed by atoms with Crippen LogP contribution in [0.2, 0.25) is 0 Å². The van der Waals surface area contributed by atoms with E-state index < -0.39 is 0 Å². The van der Waals surface area contributed by atoms with Crippen molar-refractivity contribution in [2.24, 2.45) is 5.84 Å². The van der Waals surface area contributed by atoms with Crippen molar-refractivity contribution < 1.29 is 19.1 Å². The lowest BCUT2D eigenvalue weighted by atomic mass is 10.1. The number of fused-ring (bicyclic) bond motifs is 1. The van der Waals surface area contributed by atoms with Gasteiger partial charge >= 0.3 is 0 Å². The molecule has 1 aromatic heterocycles. The standard InChI is InChI=1S/C22H25N5O4/c1-30-19-12-14(6-8-18(19)31-13-20(28)27-9-3-2-4-10-27)21-24-16-7-5-15(22(29)26-23)11-17(16)25-21/h5-8,11-12H,2-4,9-10,13,23H2,1H3,(H,24,25)(H,26,29). The molecule has 31 heavy (non-hydrogen) atoms. The van der Waals surface area contributed by atoms with Crippen LogP contribution in [0.15, 0.2) is 36.4 Å². The summed E-state index contributed by atoms with van der Waals surface area (Å²) in [7, 11) is 1.55. The Balaban J connectivity index is 1.52. The normalized spacial score (nSPS) is 13.8. The van der Waals surface area contributed by atoms with Gasteiger partial charge in [0.25, 0.3) is 11.8 Å². The first-order valence-electron chi connectivity index (χ1n) is 10.2. The van der Waals surface area contributed by atoms with E-state index in [2.05, 4.69) is 15.4 Å². The number of ether oxygens (including phenoxy) is 2. The zero-order valence-corrected chi connectivity index (χ0v) is 17.3. The number of carbonyl (C=O) groups excluding carboxylic acids is 2. The summed E-state index contributed by atoms with van der Waals surface area (Å²) in [4.78, 5) is 33.7. The van der Waals surface area contributed by atoms with E-state index in [0.29, 0.717) is 28.4 Å². The van der Waals surface area contributed by atoms with Crippen molar-refractivity contribution in [2.45, 2.75) is 19.3 Å². The summed E-state index contributed by atoms with van der Waals surface area (Å²) in [5.74, 6) is 6.44. The highest BCUT2D eigenvalue weighted by Crippen LogP contribution is 2.32. The molecule has 0 saturated carbocycles. The monoisotopic (exact) mass is 423 g/mol. The number of nitrogens with one attached hydrogen (secondary N) is 2. The number of imidazole rings is 1. The highest BCUT2D eigenvalue weighted by Gasteiger charge is 2.18. The van der Waals surface area contributed by atoms with E-state index in [9.17, 15) is 9.59 Å². The van der Waals surface area contributed by atoms with Crippen LogP contribution in [0.3, 0.4) is 0 Å². The fraction of sp³-hybridized carbons (Fsp3) is 0.318. The maximum atomic E-state index is 12.4. The van der Waals surface area contributed by atoms with Gasteiger partial charge in [-0.1, -0.05) is 0 Å². The highest BCUT2D eigenvalue weighted by molar-refractivity contribution is 5.97. The van der Waals surface area contributed by atoms with Crippen LogP contribution in [-0.2, 0) is 4.79 Å². The minimum atomic E-state index is -0.375. The average Bonchev–Trinajstić information content (AvgIpc) is 3.25. The molecule has 0 spiro atoms. The molecule has 0 radical (unpaired) electrons. The van der Waals surface area contributed by atoms with Gasteiger partial charge in [0.15, 0.2) is 18.1 Å². The Morgan fingerprint density at radius 2 is 1.94 bits per heavy atom. The third kappa shape index (κ3) is 4.46. The van der Waals surface area contributed by atoms with Crippen LogP contribution < -0.4 is 20.7 Å². The molecule has 1 fully saturated rings. The van der Waals surface area contributed by atoms with E-state index >= 15 is 0 Å². The number of carbonyl (C=O) groups is 2. The SMILES string of the molecule is COc1cc(-c2nc3ccc(C(=O)NN)cc3[nH]2)ccc1OCC(=O)N1CCCCC1. The molecule has 0 aliphatic carbocycles. The van der Waals surface area contributed by atoms with Crippen molar-refractivity contribution in [3.8, 4) is 22.9 Å². The number of hydrazine groups is 1. The number of methoxy groups -OCH3 is 1. The Morgan fingerprint density at radius 1 is 1.13 bits per heavy atom. The average molecular weight is 423 g/mol. The van der Waals surface area contributed by atoms with Gasteiger partial charge in [-0.3, -0.25) is 15.0 Å². The summed E-state index contributed by atoms with van der Waals surface area (Å²) >= 11 is 0. The molecule has 162 valence electrons. The maximum absolute atomic E-state index is 12.4. The molecule has 0 bridgehead atoms. The third-order valence-corrected chi connectivity index (χ3v) is 5.37. The molecular formula is C22H25N5O4. The van der Waals surface area contributed by atoms with Gasteiger partial charge in [-0.2, -0.15) is 0 Å². The van der Waals surface area contributed by atoms with Gasteiger partial charge in [-0.25, -0.2) is 10.8 Å². The van der Waals surface area contributed by atoms with Crippen LogP contribution in [0.1, 0.15) is 29.6 Å². The smallest absolute Gasteiger partial charge is 0.265 e. The Bertz CT molecular complexity index is 1100. The number of nitrogen functional groups attached to an aromatic ring is 1. The summed E-state index contributed by atoms with van der Waals surface area (Å²) in [6.07, 6.45) is 3.25. The van der Waals surface area contributed by atoms with Crippen LogP contribution >= 0.6 is 0 Å². The highest BCUT2D eigenvalue weighted by atomic mass is 16.5. The summed E-state index contributed by atoms with van der Waals surface area (Å²) < 4.78 is 11.2. The van der Waals surface area contributed by atoms with Crippen LogP contribution in [0.5, 0.6) is 11.5 Å². The molecule has 4 N–H and O–H groups in total. The molecule has 1 saturated heterocycles. The second-order valence-electron chi connectivity index (χ2n) is 7.39. The zero-order valence-electron chi connectivity index (χ0n) is 17.3. The fourth-order valence-electron chi connectivity index (χ4n) is 3.68. The van der Waals surface area contributed by atoms with E-state index in [1.54, 1.807) is 37.4 Å². The first kappa shape index (κ1) is 20.7. The number of hydrogen-bond acceptors (Lipinski definition) is 6. The second kappa shape index (κ2) is 9.05. The first-order valence-corrected chi connectivity index (χ1v) is 10.2. The van der Waals surface area contributed by atoms with Gasteiger partial charge in [0.2, 0.25) is 0 Å². The van der Waals surface area contributed by atoms with Crippen LogP contribution in [-0.4, -0.2) is 53.5 Å². The van der Waals surface area contributed by atoms with Crippen LogP contribution in [0.25, 0.3) is 22.4 Å². The number of nitrogens with zero attached hydrogens (tertiary/aromatic N) is 2. The predicted octanol–water partition coefficient (Wildman–Crippen LogP) is 2.23. The molecule has 0 unspecified atom stereocenters. The number of aromatic nitrogens is 2. The fourth-order valence-corrected chi connectivity index (χ4v) is 3.68. The molecule has 2 heterocycles.